The number of ether oxygens (including phenoxy) is 1. The molecular formula is C16H23F2NO. The van der Waals surface area contributed by atoms with Gasteiger partial charge in [-0.05, 0) is 38.3 Å². The smallest absolute Gasteiger partial charge is 0.131 e. The van der Waals surface area contributed by atoms with Crippen LogP contribution < -0.4 is 5.32 Å². The number of hydrogen-bond acceptors (Lipinski definition) is 2. The molecule has 0 aromatic heterocycles. The second-order valence-electron chi connectivity index (χ2n) is 6.14. The molecule has 1 heterocycles. The molecule has 0 aliphatic carbocycles. The van der Waals surface area contributed by atoms with Crippen LogP contribution in [0.1, 0.15) is 50.8 Å². The van der Waals surface area contributed by atoms with Gasteiger partial charge in [-0.2, -0.15) is 0 Å². The average Bonchev–Trinajstić information content (AvgIpc) is 2.79. The summed E-state index contributed by atoms with van der Waals surface area (Å²) in [6.45, 7) is 8.37. The Bertz CT molecular complexity index is 482. The summed E-state index contributed by atoms with van der Waals surface area (Å²) >= 11 is 0. The summed E-state index contributed by atoms with van der Waals surface area (Å²) < 4.78 is 33.5. The van der Waals surface area contributed by atoms with Crippen molar-refractivity contribution < 1.29 is 13.5 Å². The first-order chi connectivity index (χ1) is 9.33. The molecule has 2 nitrogen and oxygen atoms in total. The SMILES string of the molecule is Cc1cc(C(NC(C)C)C2(C)CCCO2)c(F)cc1F. The topological polar surface area (TPSA) is 21.3 Å². The molecule has 2 rings (SSSR count). The van der Waals surface area contributed by atoms with Crippen molar-refractivity contribution in [1.82, 2.24) is 5.32 Å². The molecule has 0 amide bonds. The Morgan fingerprint density at radius 2 is 1.95 bits per heavy atom. The summed E-state index contributed by atoms with van der Waals surface area (Å²) in [5.41, 5.74) is 0.496. The highest BCUT2D eigenvalue weighted by Gasteiger charge is 2.40. The lowest BCUT2D eigenvalue weighted by molar-refractivity contribution is -0.0157. The van der Waals surface area contributed by atoms with Crippen LogP contribution in [0.3, 0.4) is 0 Å². The highest BCUT2D eigenvalue weighted by Crippen LogP contribution is 2.39. The summed E-state index contributed by atoms with van der Waals surface area (Å²) in [5, 5.41) is 3.38. The van der Waals surface area contributed by atoms with Crippen LogP contribution in [0.5, 0.6) is 0 Å². The number of benzene rings is 1. The van der Waals surface area contributed by atoms with E-state index < -0.39 is 17.2 Å². The lowest BCUT2D eigenvalue weighted by atomic mass is 9.86. The van der Waals surface area contributed by atoms with E-state index in [0.29, 0.717) is 17.7 Å². The first kappa shape index (κ1) is 15.4. The van der Waals surface area contributed by atoms with Gasteiger partial charge in [0, 0.05) is 24.3 Å². The highest BCUT2D eigenvalue weighted by molar-refractivity contribution is 5.30. The number of aryl methyl sites for hydroxylation is 1. The van der Waals surface area contributed by atoms with Crippen LogP contribution in [0.4, 0.5) is 8.78 Å². The van der Waals surface area contributed by atoms with Crippen LogP contribution in [0.2, 0.25) is 0 Å². The van der Waals surface area contributed by atoms with Gasteiger partial charge in [-0.1, -0.05) is 13.8 Å². The molecule has 1 fully saturated rings. The molecule has 1 aliphatic rings. The van der Waals surface area contributed by atoms with E-state index in [4.69, 9.17) is 4.74 Å². The van der Waals surface area contributed by atoms with Crippen LogP contribution in [0, 0.1) is 18.6 Å². The Labute approximate surface area is 119 Å². The fourth-order valence-corrected chi connectivity index (χ4v) is 2.86. The summed E-state index contributed by atoms with van der Waals surface area (Å²) in [4.78, 5) is 0. The molecule has 112 valence electrons. The lowest BCUT2D eigenvalue weighted by Gasteiger charge is -2.36. The molecule has 1 saturated heterocycles. The van der Waals surface area contributed by atoms with Crippen LogP contribution in [0.25, 0.3) is 0 Å². The van der Waals surface area contributed by atoms with E-state index in [1.807, 2.05) is 20.8 Å². The number of halogens is 2. The molecule has 1 aliphatic heterocycles. The largest absolute Gasteiger partial charge is 0.373 e. The van der Waals surface area contributed by atoms with Gasteiger partial charge in [0.2, 0.25) is 0 Å². The molecule has 1 aromatic carbocycles. The fraction of sp³-hybridized carbons (Fsp3) is 0.625. The number of hydrogen-bond donors (Lipinski definition) is 1. The van der Waals surface area contributed by atoms with Crippen LogP contribution in [-0.2, 0) is 4.74 Å². The van der Waals surface area contributed by atoms with Gasteiger partial charge in [0.15, 0.2) is 0 Å². The molecule has 2 unspecified atom stereocenters. The predicted octanol–water partition coefficient (Wildman–Crippen LogP) is 3.88. The minimum atomic E-state index is -0.511. The van der Waals surface area contributed by atoms with E-state index in [1.165, 1.54) is 0 Å². The summed E-state index contributed by atoms with van der Waals surface area (Å²) in [7, 11) is 0. The first-order valence-corrected chi connectivity index (χ1v) is 7.19. The van der Waals surface area contributed by atoms with E-state index >= 15 is 0 Å². The van der Waals surface area contributed by atoms with Gasteiger partial charge >= 0.3 is 0 Å². The lowest BCUT2D eigenvalue weighted by Crippen LogP contribution is -2.44. The molecule has 0 radical (unpaired) electrons. The third-order valence-corrected chi connectivity index (χ3v) is 3.95. The highest BCUT2D eigenvalue weighted by atomic mass is 19.1. The van der Waals surface area contributed by atoms with Crippen molar-refractivity contribution in [2.24, 2.45) is 0 Å². The molecule has 20 heavy (non-hydrogen) atoms. The van der Waals surface area contributed by atoms with E-state index in [-0.39, 0.29) is 12.1 Å². The Balaban J connectivity index is 2.43. The van der Waals surface area contributed by atoms with Gasteiger partial charge in [0.05, 0.1) is 11.6 Å². The Morgan fingerprint density at radius 3 is 2.50 bits per heavy atom. The molecule has 0 bridgehead atoms. The Morgan fingerprint density at radius 1 is 1.25 bits per heavy atom. The molecule has 0 spiro atoms. The maximum Gasteiger partial charge on any atom is 0.131 e. The summed E-state index contributed by atoms with van der Waals surface area (Å²) in [5.74, 6) is -1.02. The standard InChI is InChI=1S/C16H23F2NO/c1-10(2)19-15(16(4)6-5-7-20-16)12-8-11(3)13(17)9-14(12)18/h8-10,15,19H,5-7H2,1-4H3. The monoisotopic (exact) mass is 283 g/mol. The van der Waals surface area contributed by atoms with E-state index in [9.17, 15) is 8.78 Å². The van der Waals surface area contributed by atoms with Crippen molar-refractivity contribution in [1.29, 1.82) is 0 Å². The van der Waals surface area contributed by atoms with Gasteiger partial charge < -0.3 is 10.1 Å². The Hall–Kier alpha value is -1.00. The minimum absolute atomic E-state index is 0.186. The first-order valence-electron chi connectivity index (χ1n) is 7.19. The van der Waals surface area contributed by atoms with Crippen molar-refractivity contribution in [3.63, 3.8) is 0 Å². The second kappa shape index (κ2) is 5.78. The second-order valence-corrected chi connectivity index (χ2v) is 6.14. The zero-order valence-corrected chi connectivity index (χ0v) is 12.6. The molecule has 2 atom stereocenters. The van der Waals surface area contributed by atoms with Gasteiger partial charge in [0.25, 0.3) is 0 Å². The molecule has 0 saturated carbocycles. The zero-order chi connectivity index (χ0) is 14.9. The van der Waals surface area contributed by atoms with Gasteiger partial charge in [0.1, 0.15) is 11.6 Å². The quantitative estimate of drug-likeness (QED) is 0.905. The van der Waals surface area contributed by atoms with Gasteiger partial charge in [-0.15, -0.1) is 0 Å². The fourth-order valence-electron chi connectivity index (χ4n) is 2.86. The molecule has 1 aromatic rings. The average molecular weight is 283 g/mol. The summed E-state index contributed by atoms with van der Waals surface area (Å²) in [6.07, 6.45) is 1.84. The molecule has 1 N–H and O–H groups in total. The van der Waals surface area contributed by atoms with Crippen molar-refractivity contribution in [2.75, 3.05) is 6.61 Å². The van der Waals surface area contributed by atoms with E-state index in [1.54, 1.807) is 13.0 Å². The van der Waals surface area contributed by atoms with Crippen molar-refractivity contribution in [3.8, 4) is 0 Å². The van der Waals surface area contributed by atoms with E-state index in [2.05, 4.69) is 5.32 Å². The van der Waals surface area contributed by atoms with Gasteiger partial charge in [-0.25, -0.2) is 8.78 Å². The maximum atomic E-state index is 14.2. The minimum Gasteiger partial charge on any atom is -0.373 e. The number of rotatable bonds is 4. The summed E-state index contributed by atoms with van der Waals surface area (Å²) in [6, 6.07) is 2.48. The maximum absolute atomic E-state index is 14.2. The third-order valence-electron chi connectivity index (χ3n) is 3.95. The normalized spacial score (nSPS) is 24.4. The van der Waals surface area contributed by atoms with Crippen LogP contribution in [0.15, 0.2) is 12.1 Å². The van der Waals surface area contributed by atoms with Gasteiger partial charge in [-0.3, -0.25) is 0 Å². The van der Waals surface area contributed by atoms with Crippen molar-refractivity contribution >= 4 is 0 Å². The van der Waals surface area contributed by atoms with Crippen molar-refractivity contribution in [2.45, 2.75) is 58.2 Å². The van der Waals surface area contributed by atoms with E-state index in [0.717, 1.165) is 18.9 Å². The van der Waals surface area contributed by atoms with Crippen LogP contribution in [-0.4, -0.2) is 18.2 Å². The van der Waals surface area contributed by atoms with Crippen molar-refractivity contribution in [3.05, 3.63) is 34.9 Å². The predicted molar refractivity (Wildman–Crippen MR) is 75.7 cm³/mol. The molecular weight excluding hydrogens is 260 g/mol. The molecule has 4 heteroatoms. The third kappa shape index (κ3) is 3.01. The Kier molecular flexibility index (Phi) is 4.45. The number of nitrogens with one attached hydrogen (secondary N) is 1. The zero-order valence-electron chi connectivity index (χ0n) is 12.6. The van der Waals surface area contributed by atoms with Crippen LogP contribution >= 0.6 is 0 Å².